The standard InChI is InChI=1S/C16H22N4O2/c1-11(2)18-16(22)20-9-13-8-19(15(21)14(13)10-20)7-12-4-3-5-17-6-12/h3-6,11,13-14H,7-10H2,1-2H3,(H,18,22)/t13-,14+/m0/s1. The molecule has 0 saturated carbocycles. The largest absolute Gasteiger partial charge is 0.338 e. The third-order valence-corrected chi connectivity index (χ3v) is 4.32. The van der Waals surface area contributed by atoms with E-state index in [0.717, 1.165) is 12.1 Å². The third kappa shape index (κ3) is 2.91. The molecule has 0 radical (unpaired) electrons. The summed E-state index contributed by atoms with van der Waals surface area (Å²) in [6, 6.07) is 3.92. The maximum absolute atomic E-state index is 12.5. The molecule has 2 aliphatic heterocycles. The number of amides is 3. The highest BCUT2D eigenvalue weighted by molar-refractivity contribution is 5.84. The molecule has 2 saturated heterocycles. The van der Waals surface area contributed by atoms with Crippen LogP contribution in [-0.4, -0.2) is 52.4 Å². The summed E-state index contributed by atoms with van der Waals surface area (Å²) in [4.78, 5) is 32.3. The van der Waals surface area contributed by atoms with Crippen molar-refractivity contribution in [2.75, 3.05) is 19.6 Å². The van der Waals surface area contributed by atoms with Crippen LogP contribution >= 0.6 is 0 Å². The van der Waals surface area contributed by atoms with Crippen LogP contribution in [0.4, 0.5) is 4.79 Å². The molecule has 2 atom stereocenters. The average molecular weight is 302 g/mol. The van der Waals surface area contributed by atoms with Gasteiger partial charge < -0.3 is 15.1 Å². The molecule has 0 bridgehead atoms. The van der Waals surface area contributed by atoms with Gasteiger partial charge in [0.25, 0.3) is 0 Å². The normalized spacial score (nSPS) is 24.0. The van der Waals surface area contributed by atoms with Gasteiger partial charge in [-0.1, -0.05) is 6.07 Å². The number of urea groups is 1. The maximum Gasteiger partial charge on any atom is 0.317 e. The number of carbonyl (C=O) groups is 2. The van der Waals surface area contributed by atoms with Gasteiger partial charge >= 0.3 is 6.03 Å². The Morgan fingerprint density at radius 2 is 2.23 bits per heavy atom. The number of nitrogens with zero attached hydrogens (tertiary/aromatic N) is 3. The van der Waals surface area contributed by atoms with Gasteiger partial charge in [0.2, 0.25) is 5.91 Å². The molecular formula is C16H22N4O2. The Bertz CT molecular complexity index is 561. The Labute approximate surface area is 130 Å². The molecule has 1 aromatic rings. The molecular weight excluding hydrogens is 280 g/mol. The summed E-state index contributed by atoms with van der Waals surface area (Å²) in [5, 5.41) is 2.89. The van der Waals surface area contributed by atoms with E-state index in [0.29, 0.717) is 19.6 Å². The highest BCUT2D eigenvalue weighted by Gasteiger charge is 2.47. The van der Waals surface area contributed by atoms with Crippen LogP contribution in [0.25, 0.3) is 0 Å². The average Bonchev–Trinajstić information content (AvgIpc) is 3.01. The molecule has 3 rings (SSSR count). The number of fused-ring (bicyclic) bond motifs is 1. The fraction of sp³-hybridized carbons (Fsp3) is 0.562. The molecule has 0 aromatic carbocycles. The minimum atomic E-state index is -0.0593. The van der Waals surface area contributed by atoms with Crippen molar-refractivity contribution in [3.05, 3.63) is 30.1 Å². The first-order valence-corrected chi connectivity index (χ1v) is 7.77. The van der Waals surface area contributed by atoms with Crippen LogP contribution in [0, 0.1) is 11.8 Å². The molecule has 118 valence electrons. The van der Waals surface area contributed by atoms with E-state index in [1.807, 2.05) is 30.9 Å². The molecule has 0 unspecified atom stereocenters. The molecule has 2 fully saturated rings. The molecule has 1 N–H and O–H groups in total. The van der Waals surface area contributed by atoms with E-state index in [2.05, 4.69) is 10.3 Å². The number of carbonyl (C=O) groups excluding carboxylic acids is 2. The summed E-state index contributed by atoms with van der Waals surface area (Å²) in [5.74, 6) is 0.366. The zero-order chi connectivity index (χ0) is 15.7. The van der Waals surface area contributed by atoms with Gasteiger partial charge in [-0.25, -0.2) is 4.79 Å². The fourth-order valence-electron chi connectivity index (χ4n) is 3.30. The van der Waals surface area contributed by atoms with Crippen LogP contribution in [0.1, 0.15) is 19.4 Å². The number of pyridine rings is 1. The smallest absolute Gasteiger partial charge is 0.317 e. The van der Waals surface area contributed by atoms with E-state index in [1.54, 1.807) is 17.3 Å². The van der Waals surface area contributed by atoms with Gasteiger partial charge in [0.1, 0.15) is 0 Å². The predicted molar refractivity (Wildman–Crippen MR) is 81.9 cm³/mol. The molecule has 2 aliphatic rings. The topological polar surface area (TPSA) is 65.5 Å². The van der Waals surface area contributed by atoms with E-state index >= 15 is 0 Å². The Hall–Kier alpha value is -2.11. The Kier molecular flexibility index (Phi) is 4.00. The van der Waals surface area contributed by atoms with Crippen LogP contribution in [0.2, 0.25) is 0 Å². The molecule has 22 heavy (non-hydrogen) atoms. The van der Waals surface area contributed by atoms with Gasteiger partial charge in [0.15, 0.2) is 0 Å². The van der Waals surface area contributed by atoms with E-state index in [-0.39, 0.29) is 29.8 Å². The molecule has 6 nitrogen and oxygen atoms in total. The van der Waals surface area contributed by atoms with Gasteiger partial charge in [-0.15, -0.1) is 0 Å². The van der Waals surface area contributed by atoms with Crippen molar-refractivity contribution in [3.63, 3.8) is 0 Å². The fourth-order valence-corrected chi connectivity index (χ4v) is 3.30. The van der Waals surface area contributed by atoms with Crippen molar-refractivity contribution < 1.29 is 9.59 Å². The summed E-state index contributed by atoms with van der Waals surface area (Å²) in [5.41, 5.74) is 1.05. The number of aromatic nitrogens is 1. The van der Waals surface area contributed by atoms with Crippen LogP contribution in [0.5, 0.6) is 0 Å². The minimum Gasteiger partial charge on any atom is -0.338 e. The van der Waals surface area contributed by atoms with E-state index < -0.39 is 0 Å². The first-order valence-electron chi connectivity index (χ1n) is 7.77. The first-order chi connectivity index (χ1) is 10.5. The molecule has 0 spiro atoms. The van der Waals surface area contributed by atoms with Gasteiger partial charge in [-0.05, 0) is 25.5 Å². The van der Waals surface area contributed by atoms with Crippen molar-refractivity contribution in [3.8, 4) is 0 Å². The maximum atomic E-state index is 12.5. The van der Waals surface area contributed by atoms with Crippen LogP contribution in [0.3, 0.4) is 0 Å². The zero-order valence-corrected chi connectivity index (χ0v) is 13.0. The minimum absolute atomic E-state index is 0.0467. The second-order valence-corrected chi connectivity index (χ2v) is 6.46. The summed E-state index contributed by atoms with van der Waals surface area (Å²) >= 11 is 0. The van der Waals surface area contributed by atoms with E-state index in [9.17, 15) is 9.59 Å². The quantitative estimate of drug-likeness (QED) is 0.909. The number of hydrogen-bond acceptors (Lipinski definition) is 3. The lowest BCUT2D eigenvalue weighted by molar-refractivity contribution is -0.131. The lowest BCUT2D eigenvalue weighted by Gasteiger charge is -2.23. The van der Waals surface area contributed by atoms with E-state index in [1.165, 1.54) is 0 Å². The molecule has 6 heteroatoms. The van der Waals surface area contributed by atoms with Crippen LogP contribution < -0.4 is 5.32 Å². The van der Waals surface area contributed by atoms with Crippen LogP contribution in [0.15, 0.2) is 24.5 Å². The number of rotatable bonds is 3. The first kappa shape index (κ1) is 14.8. The van der Waals surface area contributed by atoms with Crippen molar-refractivity contribution in [1.29, 1.82) is 0 Å². The van der Waals surface area contributed by atoms with Crippen molar-refractivity contribution in [2.24, 2.45) is 11.8 Å². The third-order valence-electron chi connectivity index (χ3n) is 4.32. The Morgan fingerprint density at radius 1 is 1.41 bits per heavy atom. The molecule has 1 aromatic heterocycles. The zero-order valence-electron chi connectivity index (χ0n) is 13.0. The van der Waals surface area contributed by atoms with Gasteiger partial charge in [-0.3, -0.25) is 9.78 Å². The lowest BCUT2D eigenvalue weighted by Crippen LogP contribution is -2.43. The molecule has 3 amide bonds. The molecule has 3 heterocycles. The highest BCUT2D eigenvalue weighted by Crippen LogP contribution is 2.33. The lowest BCUT2D eigenvalue weighted by atomic mass is 10.0. The second kappa shape index (κ2) is 5.94. The number of hydrogen-bond donors (Lipinski definition) is 1. The van der Waals surface area contributed by atoms with Gasteiger partial charge in [-0.2, -0.15) is 0 Å². The Morgan fingerprint density at radius 3 is 2.86 bits per heavy atom. The number of likely N-dealkylation sites (tertiary alicyclic amines) is 2. The van der Waals surface area contributed by atoms with Crippen molar-refractivity contribution in [2.45, 2.75) is 26.4 Å². The van der Waals surface area contributed by atoms with Crippen molar-refractivity contribution in [1.82, 2.24) is 20.1 Å². The van der Waals surface area contributed by atoms with Crippen molar-refractivity contribution >= 4 is 11.9 Å². The summed E-state index contributed by atoms with van der Waals surface area (Å²) in [6.07, 6.45) is 3.53. The van der Waals surface area contributed by atoms with E-state index in [4.69, 9.17) is 0 Å². The highest BCUT2D eigenvalue weighted by atomic mass is 16.2. The molecule has 0 aliphatic carbocycles. The monoisotopic (exact) mass is 302 g/mol. The SMILES string of the molecule is CC(C)NC(=O)N1C[C@@H]2CN(Cc3cccnc3)C(=O)[C@@H]2C1. The summed E-state index contributed by atoms with van der Waals surface area (Å²) < 4.78 is 0. The number of nitrogens with one attached hydrogen (secondary N) is 1. The van der Waals surface area contributed by atoms with Gasteiger partial charge in [0.05, 0.1) is 5.92 Å². The Balaban J connectivity index is 1.59. The summed E-state index contributed by atoms with van der Waals surface area (Å²) in [7, 11) is 0. The van der Waals surface area contributed by atoms with Crippen LogP contribution in [-0.2, 0) is 11.3 Å². The predicted octanol–water partition coefficient (Wildman–Crippen LogP) is 1.09. The summed E-state index contributed by atoms with van der Waals surface area (Å²) in [6.45, 7) is 6.41. The second-order valence-electron chi connectivity index (χ2n) is 6.46. The van der Waals surface area contributed by atoms with Gasteiger partial charge in [0, 0.05) is 50.5 Å².